The van der Waals surface area contributed by atoms with E-state index < -0.39 is 0 Å². The lowest BCUT2D eigenvalue weighted by Crippen LogP contribution is -2.39. The Morgan fingerprint density at radius 1 is 1.16 bits per heavy atom. The van der Waals surface area contributed by atoms with Crippen molar-refractivity contribution < 1.29 is 14.0 Å². The third-order valence-electron chi connectivity index (χ3n) is 3.54. The van der Waals surface area contributed by atoms with E-state index in [4.69, 9.17) is 4.42 Å². The second kappa shape index (κ2) is 8.82. The third kappa shape index (κ3) is 6.36. The maximum Gasteiger partial charge on any atom is 0.243 e. The summed E-state index contributed by atoms with van der Waals surface area (Å²) in [5.74, 6) is 1.17. The zero-order valence-electron chi connectivity index (χ0n) is 14.6. The Morgan fingerprint density at radius 2 is 1.92 bits per heavy atom. The second-order valence-electron chi connectivity index (χ2n) is 5.97. The number of amides is 2. The van der Waals surface area contributed by atoms with Crippen LogP contribution in [-0.2, 0) is 16.1 Å². The molecule has 2 aromatic rings. The molecule has 2 amide bonds. The molecule has 1 aromatic heterocycles. The van der Waals surface area contributed by atoms with E-state index >= 15 is 0 Å². The predicted octanol–water partition coefficient (Wildman–Crippen LogP) is 2.85. The molecule has 0 unspecified atom stereocenters. The van der Waals surface area contributed by atoms with E-state index in [9.17, 15) is 9.59 Å². The molecule has 7 heteroatoms. The van der Waals surface area contributed by atoms with Crippen molar-refractivity contribution in [2.45, 2.75) is 20.4 Å². The molecule has 0 saturated heterocycles. The Kier molecular flexibility index (Phi) is 6.78. The third-order valence-corrected chi connectivity index (χ3v) is 4.04. The Morgan fingerprint density at radius 3 is 2.56 bits per heavy atom. The molecule has 0 aliphatic rings. The molecule has 6 nitrogen and oxygen atoms in total. The molecule has 2 rings (SSSR count). The average Bonchev–Trinajstić information content (AvgIpc) is 2.93. The van der Waals surface area contributed by atoms with Gasteiger partial charge in [-0.1, -0.05) is 15.9 Å². The van der Waals surface area contributed by atoms with Crippen LogP contribution in [0.4, 0.5) is 5.69 Å². The molecule has 0 radical (unpaired) electrons. The SMILES string of the molecule is Cc1ccc(CN(C)CC(=O)NCC(=O)Nc2ccc(Br)cc2C)o1. The van der Waals surface area contributed by atoms with Crippen LogP contribution in [-0.4, -0.2) is 36.9 Å². The molecule has 0 spiro atoms. The summed E-state index contributed by atoms with van der Waals surface area (Å²) in [6.07, 6.45) is 0. The highest BCUT2D eigenvalue weighted by Gasteiger charge is 2.11. The summed E-state index contributed by atoms with van der Waals surface area (Å²) in [6, 6.07) is 9.36. The summed E-state index contributed by atoms with van der Waals surface area (Å²) >= 11 is 3.38. The quantitative estimate of drug-likeness (QED) is 0.739. The van der Waals surface area contributed by atoms with Gasteiger partial charge < -0.3 is 15.1 Å². The lowest BCUT2D eigenvalue weighted by molar-refractivity contribution is -0.124. The minimum Gasteiger partial charge on any atom is -0.465 e. The van der Waals surface area contributed by atoms with Crippen LogP contribution < -0.4 is 10.6 Å². The first-order valence-electron chi connectivity index (χ1n) is 7.90. The number of furan rings is 1. The monoisotopic (exact) mass is 407 g/mol. The van der Waals surface area contributed by atoms with Crippen molar-refractivity contribution >= 4 is 33.4 Å². The normalized spacial score (nSPS) is 10.8. The van der Waals surface area contributed by atoms with E-state index in [1.807, 2.05) is 56.1 Å². The Hall–Kier alpha value is -2.12. The molecular formula is C18H22BrN3O3. The number of likely N-dealkylation sites (N-methyl/N-ethyl adjacent to an activating group) is 1. The Bertz CT molecular complexity index is 758. The van der Waals surface area contributed by atoms with Crippen LogP contribution in [0.3, 0.4) is 0 Å². The van der Waals surface area contributed by atoms with E-state index in [2.05, 4.69) is 26.6 Å². The predicted molar refractivity (Wildman–Crippen MR) is 100 cm³/mol. The van der Waals surface area contributed by atoms with E-state index in [-0.39, 0.29) is 24.9 Å². The van der Waals surface area contributed by atoms with E-state index in [1.165, 1.54) is 0 Å². The molecule has 1 aromatic carbocycles. The first-order valence-corrected chi connectivity index (χ1v) is 8.69. The van der Waals surface area contributed by atoms with Crippen LogP contribution >= 0.6 is 15.9 Å². The van der Waals surface area contributed by atoms with Gasteiger partial charge in [-0.3, -0.25) is 14.5 Å². The number of nitrogens with zero attached hydrogens (tertiary/aromatic N) is 1. The van der Waals surface area contributed by atoms with Crippen molar-refractivity contribution in [3.05, 3.63) is 51.9 Å². The van der Waals surface area contributed by atoms with Crippen LogP contribution in [0.15, 0.2) is 39.2 Å². The number of benzene rings is 1. The number of hydrogen-bond acceptors (Lipinski definition) is 4. The zero-order chi connectivity index (χ0) is 18.4. The first kappa shape index (κ1) is 19.2. The van der Waals surface area contributed by atoms with E-state index in [0.717, 1.165) is 27.2 Å². The topological polar surface area (TPSA) is 74.6 Å². The minimum absolute atomic E-state index is 0.0674. The molecule has 134 valence electrons. The number of anilines is 1. The van der Waals surface area contributed by atoms with Gasteiger partial charge in [0.1, 0.15) is 11.5 Å². The number of hydrogen-bond donors (Lipinski definition) is 2. The minimum atomic E-state index is -0.261. The maximum absolute atomic E-state index is 12.0. The number of nitrogens with one attached hydrogen (secondary N) is 2. The average molecular weight is 408 g/mol. The molecule has 0 aliphatic heterocycles. The van der Waals surface area contributed by atoms with E-state index in [0.29, 0.717) is 6.54 Å². The van der Waals surface area contributed by atoms with Crippen molar-refractivity contribution in [3.63, 3.8) is 0 Å². The van der Waals surface area contributed by atoms with Crippen molar-refractivity contribution in [1.29, 1.82) is 0 Å². The van der Waals surface area contributed by atoms with Gasteiger partial charge in [0, 0.05) is 10.2 Å². The lowest BCUT2D eigenvalue weighted by atomic mass is 10.2. The number of halogens is 1. The number of carbonyl (C=O) groups excluding carboxylic acids is 2. The van der Waals surface area contributed by atoms with Gasteiger partial charge in [0.05, 0.1) is 19.6 Å². The molecule has 0 aliphatic carbocycles. The molecule has 0 atom stereocenters. The summed E-state index contributed by atoms with van der Waals surface area (Å²) in [6.45, 7) is 4.43. The Labute approximate surface area is 155 Å². The largest absolute Gasteiger partial charge is 0.465 e. The fraction of sp³-hybridized carbons (Fsp3) is 0.333. The smallest absolute Gasteiger partial charge is 0.243 e. The number of aryl methyl sites for hydroxylation is 2. The molecule has 2 N–H and O–H groups in total. The molecule has 1 heterocycles. The zero-order valence-corrected chi connectivity index (χ0v) is 16.1. The molecular weight excluding hydrogens is 386 g/mol. The fourth-order valence-corrected chi connectivity index (χ4v) is 2.81. The molecule has 0 fully saturated rings. The van der Waals surface area contributed by atoms with Crippen LogP contribution in [0.25, 0.3) is 0 Å². The molecule has 0 bridgehead atoms. The standard InChI is InChI=1S/C18H22BrN3O3/c1-12-8-14(19)5-7-16(12)21-17(23)9-20-18(24)11-22(3)10-15-6-4-13(2)25-15/h4-8H,9-11H2,1-3H3,(H,20,24)(H,21,23). The summed E-state index contributed by atoms with van der Waals surface area (Å²) in [5, 5.41) is 5.41. The number of rotatable bonds is 7. The van der Waals surface area contributed by atoms with Gasteiger partial charge in [0.15, 0.2) is 0 Å². The van der Waals surface area contributed by atoms with Gasteiger partial charge in [0.25, 0.3) is 0 Å². The van der Waals surface area contributed by atoms with Crippen LogP contribution in [0.5, 0.6) is 0 Å². The van der Waals surface area contributed by atoms with E-state index in [1.54, 1.807) is 0 Å². The summed E-state index contributed by atoms with van der Waals surface area (Å²) < 4.78 is 6.43. The highest BCUT2D eigenvalue weighted by molar-refractivity contribution is 9.10. The van der Waals surface area contributed by atoms with Gasteiger partial charge >= 0.3 is 0 Å². The maximum atomic E-state index is 12.0. The van der Waals surface area contributed by atoms with Crippen molar-refractivity contribution in [1.82, 2.24) is 10.2 Å². The second-order valence-corrected chi connectivity index (χ2v) is 6.88. The Balaban J connectivity index is 1.74. The van der Waals surface area contributed by atoms with Gasteiger partial charge in [-0.05, 0) is 56.8 Å². The summed E-state index contributed by atoms with van der Waals surface area (Å²) in [5.41, 5.74) is 1.68. The first-order chi connectivity index (χ1) is 11.8. The molecule has 25 heavy (non-hydrogen) atoms. The highest BCUT2D eigenvalue weighted by Crippen LogP contribution is 2.19. The van der Waals surface area contributed by atoms with Gasteiger partial charge in [0.2, 0.25) is 11.8 Å². The van der Waals surface area contributed by atoms with Gasteiger partial charge in [-0.15, -0.1) is 0 Å². The summed E-state index contributed by atoms with van der Waals surface area (Å²) in [7, 11) is 1.82. The lowest BCUT2D eigenvalue weighted by Gasteiger charge is -2.15. The van der Waals surface area contributed by atoms with Gasteiger partial charge in [-0.25, -0.2) is 0 Å². The highest BCUT2D eigenvalue weighted by atomic mass is 79.9. The van der Waals surface area contributed by atoms with Gasteiger partial charge in [-0.2, -0.15) is 0 Å². The molecule has 0 saturated carbocycles. The number of carbonyl (C=O) groups is 2. The van der Waals surface area contributed by atoms with Crippen LogP contribution in [0, 0.1) is 13.8 Å². The van der Waals surface area contributed by atoms with Crippen molar-refractivity contribution in [2.75, 3.05) is 25.5 Å². The summed E-state index contributed by atoms with van der Waals surface area (Å²) in [4.78, 5) is 25.7. The van der Waals surface area contributed by atoms with Crippen molar-refractivity contribution in [3.8, 4) is 0 Å². The van der Waals surface area contributed by atoms with Crippen LogP contribution in [0.1, 0.15) is 17.1 Å². The fourth-order valence-electron chi connectivity index (χ4n) is 2.33. The van der Waals surface area contributed by atoms with Crippen molar-refractivity contribution in [2.24, 2.45) is 0 Å². The van der Waals surface area contributed by atoms with Crippen LogP contribution in [0.2, 0.25) is 0 Å².